The van der Waals surface area contributed by atoms with Crippen LogP contribution < -0.4 is 5.32 Å². The predicted molar refractivity (Wildman–Crippen MR) is 96.3 cm³/mol. The maximum atomic E-state index is 6.28. The summed E-state index contributed by atoms with van der Waals surface area (Å²) in [6, 6.07) is 6.61. The third-order valence-electron chi connectivity index (χ3n) is 4.90. The van der Waals surface area contributed by atoms with E-state index < -0.39 is 0 Å². The number of likely N-dealkylation sites (tertiary alicyclic amines) is 1. The summed E-state index contributed by atoms with van der Waals surface area (Å²) in [6.07, 6.45) is 6.93. The van der Waals surface area contributed by atoms with E-state index in [1.807, 2.05) is 17.4 Å². The van der Waals surface area contributed by atoms with Crippen molar-refractivity contribution in [2.24, 2.45) is 0 Å². The van der Waals surface area contributed by atoms with E-state index in [9.17, 15) is 0 Å². The van der Waals surface area contributed by atoms with Gasteiger partial charge in [0.2, 0.25) is 5.95 Å². The van der Waals surface area contributed by atoms with Crippen LogP contribution in [-0.2, 0) is 11.3 Å². The van der Waals surface area contributed by atoms with Crippen LogP contribution in [0.1, 0.15) is 29.0 Å². The van der Waals surface area contributed by atoms with Crippen molar-refractivity contribution in [3.8, 4) is 0 Å². The van der Waals surface area contributed by atoms with Gasteiger partial charge in [0.05, 0.1) is 18.2 Å². The van der Waals surface area contributed by atoms with Gasteiger partial charge < -0.3 is 10.1 Å². The largest absolute Gasteiger partial charge is 0.371 e. The summed E-state index contributed by atoms with van der Waals surface area (Å²) in [4.78, 5) is 13.9. The third-order valence-corrected chi connectivity index (χ3v) is 5.89. The molecule has 6 heteroatoms. The normalized spacial score (nSPS) is 27.6. The molecule has 2 saturated heterocycles. The van der Waals surface area contributed by atoms with Crippen LogP contribution >= 0.6 is 11.3 Å². The Balaban J connectivity index is 1.36. The van der Waals surface area contributed by atoms with Crippen molar-refractivity contribution < 1.29 is 4.74 Å². The topological polar surface area (TPSA) is 50.3 Å². The van der Waals surface area contributed by atoms with Crippen LogP contribution in [0, 0.1) is 6.92 Å². The molecule has 0 aromatic carbocycles. The molecule has 0 aliphatic carbocycles. The van der Waals surface area contributed by atoms with E-state index in [1.165, 1.54) is 22.7 Å². The maximum absolute atomic E-state index is 6.28. The van der Waals surface area contributed by atoms with Crippen molar-refractivity contribution in [2.75, 3.05) is 25.0 Å². The summed E-state index contributed by atoms with van der Waals surface area (Å²) in [5.41, 5.74) is -0.00298. The Morgan fingerprint density at radius 1 is 1.38 bits per heavy atom. The lowest BCUT2D eigenvalue weighted by molar-refractivity contribution is -0.0531. The van der Waals surface area contributed by atoms with Crippen molar-refractivity contribution >= 4 is 17.3 Å². The Kier molecular flexibility index (Phi) is 4.52. The number of rotatable bonds is 4. The number of nitrogens with one attached hydrogen (secondary N) is 1. The fourth-order valence-corrected chi connectivity index (χ4v) is 4.83. The molecule has 2 unspecified atom stereocenters. The Bertz CT molecular complexity index is 677. The molecule has 1 spiro atoms. The van der Waals surface area contributed by atoms with Crippen LogP contribution in [0.15, 0.2) is 30.6 Å². The first-order valence-electron chi connectivity index (χ1n) is 8.66. The van der Waals surface area contributed by atoms with Crippen molar-refractivity contribution in [1.82, 2.24) is 14.9 Å². The maximum Gasteiger partial charge on any atom is 0.222 e. The number of piperidine rings is 1. The minimum atomic E-state index is -0.00298. The van der Waals surface area contributed by atoms with Gasteiger partial charge in [0.25, 0.3) is 0 Å². The Morgan fingerprint density at radius 2 is 2.25 bits per heavy atom. The number of anilines is 1. The summed E-state index contributed by atoms with van der Waals surface area (Å²) in [7, 11) is 0. The van der Waals surface area contributed by atoms with Crippen molar-refractivity contribution in [1.29, 1.82) is 0 Å². The zero-order chi connectivity index (χ0) is 16.4. The quantitative estimate of drug-likeness (QED) is 0.924. The van der Waals surface area contributed by atoms with Gasteiger partial charge >= 0.3 is 0 Å². The van der Waals surface area contributed by atoms with Crippen LogP contribution in [0.5, 0.6) is 0 Å². The second-order valence-corrected chi connectivity index (χ2v) is 8.31. The van der Waals surface area contributed by atoms with Gasteiger partial charge in [0.15, 0.2) is 0 Å². The van der Waals surface area contributed by atoms with Crippen LogP contribution in [0.4, 0.5) is 5.95 Å². The highest BCUT2D eigenvalue weighted by atomic mass is 32.1. The second kappa shape index (κ2) is 6.78. The van der Waals surface area contributed by atoms with Crippen LogP contribution in [0.3, 0.4) is 0 Å². The zero-order valence-corrected chi connectivity index (χ0v) is 14.9. The van der Waals surface area contributed by atoms with Crippen molar-refractivity contribution in [3.63, 3.8) is 0 Å². The third kappa shape index (κ3) is 3.61. The second-order valence-electron chi connectivity index (χ2n) is 6.94. The summed E-state index contributed by atoms with van der Waals surface area (Å²) < 4.78 is 6.28. The molecule has 2 fully saturated rings. The van der Waals surface area contributed by atoms with Crippen molar-refractivity contribution in [3.05, 3.63) is 40.3 Å². The number of hydrogen-bond acceptors (Lipinski definition) is 6. The number of aromatic nitrogens is 2. The minimum absolute atomic E-state index is 0.00298. The molecule has 2 aromatic heterocycles. The van der Waals surface area contributed by atoms with E-state index in [0.717, 1.165) is 32.5 Å². The lowest BCUT2D eigenvalue weighted by Crippen LogP contribution is -2.47. The van der Waals surface area contributed by atoms with Gasteiger partial charge in [-0.25, -0.2) is 9.97 Å². The van der Waals surface area contributed by atoms with Gasteiger partial charge in [-0.05, 0) is 44.5 Å². The average Bonchev–Trinajstić information content (AvgIpc) is 3.15. The first-order valence-corrected chi connectivity index (χ1v) is 9.48. The van der Waals surface area contributed by atoms with Gasteiger partial charge in [-0.2, -0.15) is 0 Å². The summed E-state index contributed by atoms with van der Waals surface area (Å²) >= 11 is 1.90. The van der Waals surface area contributed by atoms with E-state index in [-0.39, 0.29) is 5.60 Å². The Hall–Kier alpha value is -1.50. The SMILES string of the molecule is Cc1ccc(CN2CCCC3(CC(Nc4ncccn4)CO3)C2)s1. The highest BCUT2D eigenvalue weighted by Gasteiger charge is 2.43. The zero-order valence-electron chi connectivity index (χ0n) is 14.1. The number of hydrogen-bond donors (Lipinski definition) is 1. The summed E-state index contributed by atoms with van der Waals surface area (Å²) in [6.45, 7) is 6.15. The molecule has 4 rings (SSSR count). The van der Waals surface area contributed by atoms with E-state index in [1.54, 1.807) is 12.4 Å². The van der Waals surface area contributed by atoms with Gasteiger partial charge in [-0.1, -0.05) is 0 Å². The van der Waals surface area contributed by atoms with E-state index in [0.29, 0.717) is 12.0 Å². The molecule has 128 valence electrons. The lowest BCUT2D eigenvalue weighted by Gasteiger charge is -2.39. The molecule has 2 aliphatic rings. The standard InChI is InChI=1S/C18H24N4OS/c1-14-4-5-16(24-14)11-22-9-2-6-18(13-22)10-15(12-23-18)21-17-19-7-3-8-20-17/h3-5,7-8,15H,2,6,9-13H2,1H3,(H,19,20,21). The number of thiophene rings is 1. The molecule has 5 nitrogen and oxygen atoms in total. The Morgan fingerprint density at radius 3 is 3.04 bits per heavy atom. The summed E-state index contributed by atoms with van der Waals surface area (Å²) in [5.74, 6) is 0.699. The molecule has 0 saturated carbocycles. The molecule has 2 aliphatic heterocycles. The molecule has 0 bridgehead atoms. The monoisotopic (exact) mass is 344 g/mol. The Labute approximate surface area is 147 Å². The fraction of sp³-hybridized carbons (Fsp3) is 0.556. The molecule has 2 aromatic rings. The molecule has 24 heavy (non-hydrogen) atoms. The van der Waals surface area contributed by atoms with Crippen LogP contribution in [0.25, 0.3) is 0 Å². The van der Waals surface area contributed by atoms with E-state index in [2.05, 4.69) is 39.2 Å². The van der Waals surface area contributed by atoms with Gasteiger partial charge in [0.1, 0.15) is 0 Å². The minimum Gasteiger partial charge on any atom is -0.371 e. The summed E-state index contributed by atoms with van der Waals surface area (Å²) in [5, 5.41) is 3.42. The van der Waals surface area contributed by atoms with E-state index >= 15 is 0 Å². The molecule has 0 amide bonds. The van der Waals surface area contributed by atoms with Crippen LogP contribution in [-0.4, -0.2) is 46.2 Å². The highest BCUT2D eigenvalue weighted by molar-refractivity contribution is 7.11. The van der Waals surface area contributed by atoms with Crippen LogP contribution in [0.2, 0.25) is 0 Å². The molecule has 4 heterocycles. The molecule has 2 atom stereocenters. The lowest BCUT2D eigenvalue weighted by atomic mass is 9.88. The van der Waals surface area contributed by atoms with Gasteiger partial charge in [-0.3, -0.25) is 4.90 Å². The first kappa shape index (κ1) is 16.0. The highest BCUT2D eigenvalue weighted by Crippen LogP contribution is 2.36. The molecule has 0 radical (unpaired) electrons. The van der Waals surface area contributed by atoms with Crippen molar-refractivity contribution in [2.45, 2.75) is 44.4 Å². The first-order chi connectivity index (χ1) is 11.7. The van der Waals surface area contributed by atoms with Gasteiger partial charge in [-0.15, -0.1) is 11.3 Å². The van der Waals surface area contributed by atoms with Gasteiger partial charge in [0, 0.05) is 41.7 Å². The predicted octanol–water partition coefficient (Wildman–Crippen LogP) is 3.08. The van der Waals surface area contributed by atoms with E-state index in [4.69, 9.17) is 4.74 Å². The number of nitrogens with zero attached hydrogens (tertiary/aromatic N) is 3. The molecular weight excluding hydrogens is 320 g/mol. The molecular formula is C18H24N4OS. The molecule has 1 N–H and O–H groups in total. The average molecular weight is 344 g/mol. The fourth-order valence-electron chi connectivity index (χ4n) is 3.89. The smallest absolute Gasteiger partial charge is 0.222 e. The number of aryl methyl sites for hydroxylation is 1. The number of ether oxygens (including phenoxy) is 1.